The van der Waals surface area contributed by atoms with Crippen molar-refractivity contribution in [3.63, 3.8) is 0 Å². The molecule has 1 saturated heterocycles. The number of rotatable bonds is 3. The molecule has 1 aliphatic heterocycles. The molecule has 2 N–H and O–H groups in total. The lowest BCUT2D eigenvalue weighted by molar-refractivity contribution is -0.227. The fourth-order valence-corrected chi connectivity index (χ4v) is 3.13. The molecular formula is C16H14F3N3O5. The summed E-state index contributed by atoms with van der Waals surface area (Å²) in [5.41, 5.74) is -4.43. The molecule has 0 saturated carbocycles. The van der Waals surface area contributed by atoms with Crippen LogP contribution in [0.3, 0.4) is 0 Å². The van der Waals surface area contributed by atoms with Gasteiger partial charge in [-0.25, -0.2) is 4.79 Å². The zero-order valence-electron chi connectivity index (χ0n) is 13.7. The second-order valence-corrected chi connectivity index (χ2v) is 6.32. The topological polar surface area (TPSA) is 112 Å². The standard InChI is InChI=1S/C16H14F3N3O5/c17-16(18,19)15(13(25)26)5-6-21(8-15)11(23)7-22-12(24)9-3-1-2-4-10(9)20-14(22)27/h1-4H,5-8H2,(H,20,27)(H,25,26). The smallest absolute Gasteiger partial charge is 0.406 e. The van der Waals surface area contributed by atoms with Crippen LogP contribution in [0.15, 0.2) is 33.9 Å². The minimum atomic E-state index is -5.04. The van der Waals surface area contributed by atoms with Gasteiger partial charge in [0.2, 0.25) is 5.91 Å². The van der Waals surface area contributed by atoms with Crippen LogP contribution in [-0.4, -0.2) is 50.7 Å². The van der Waals surface area contributed by atoms with Gasteiger partial charge in [0.1, 0.15) is 6.54 Å². The van der Waals surface area contributed by atoms with Crippen LogP contribution in [0.2, 0.25) is 0 Å². The Bertz CT molecular complexity index is 1040. The van der Waals surface area contributed by atoms with E-state index >= 15 is 0 Å². The summed E-state index contributed by atoms with van der Waals surface area (Å²) in [6.45, 7) is -2.29. The van der Waals surface area contributed by atoms with Crippen molar-refractivity contribution in [1.29, 1.82) is 0 Å². The van der Waals surface area contributed by atoms with Gasteiger partial charge in [0.15, 0.2) is 5.41 Å². The molecule has 3 rings (SSSR count). The number of carbonyl (C=O) groups excluding carboxylic acids is 1. The summed E-state index contributed by atoms with van der Waals surface area (Å²) in [5, 5.41) is 9.17. The highest BCUT2D eigenvalue weighted by atomic mass is 19.4. The molecule has 11 heteroatoms. The third kappa shape index (κ3) is 2.98. The number of aromatic nitrogens is 2. The van der Waals surface area contributed by atoms with Crippen molar-refractivity contribution in [2.75, 3.05) is 13.1 Å². The van der Waals surface area contributed by atoms with Gasteiger partial charge in [-0.05, 0) is 18.6 Å². The van der Waals surface area contributed by atoms with Crippen molar-refractivity contribution in [2.45, 2.75) is 19.1 Å². The first kappa shape index (κ1) is 18.7. The number of amides is 1. The fraction of sp³-hybridized carbons (Fsp3) is 0.375. The summed E-state index contributed by atoms with van der Waals surface area (Å²) in [6.07, 6.45) is -5.83. The Morgan fingerprint density at radius 3 is 2.48 bits per heavy atom. The molecule has 0 bridgehead atoms. The van der Waals surface area contributed by atoms with Crippen LogP contribution in [0.5, 0.6) is 0 Å². The van der Waals surface area contributed by atoms with Crippen molar-refractivity contribution in [1.82, 2.24) is 14.5 Å². The lowest BCUT2D eigenvalue weighted by atomic mass is 9.86. The SMILES string of the molecule is O=C(Cn1c(=O)[nH]c2ccccc2c1=O)N1CCC(C(=O)O)(C(F)(F)F)C1. The Balaban J connectivity index is 1.89. The zero-order valence-corrected chi connectivity index (χ0v) is 13.7. The van der Waals surface area contributed by atoms with Crippen LogP contribution in [0.1, 0.15) is 6.42 Å². The summed E-state index contributed by atoms with van der Waals surface area (Å²) in [6, 6.07) is 6.08. The van der Waals surface area contributed by atoms with Crippen LogP contribution in [0.25, 0.3) is 10.9 Å². The van der Waals surface area contributed by atoms with E-state index < -0.39 is 60.8 Å². The first-order chi connectivity index (χ1) is 12.6. The molecule has 0 aliphatic carbocycles. The number of aromatic amines is 1. The fourth-order valence-electron chi connectivity index (χ4n) is 3.13. The van der Waals surface area contributed by atoms with Gasteiger partial charge < -0.3 is 15.0 Å². The number of benzene rings is 1. The molecule has 1 aromatic heterocycles. The summed E-state index contributed by atoms with van der Waals surface area (Å²) in [7, 11) is 0. The van der Waals surface area contributed by atoms with Crippen molar-refractivity contribution in [2.24, 2.45) is 5.41 Å². The average molecular weight is 385 g/mol. The Hall–Kier alpha value is -3.11. The van der Waals surface area contributed by atoms with Crippen LogP contribution in [0, 0.1) is 5.41 Å². The molecule has 1 aliphatic rings. The van der Waals surface area contributed by atoms with Crippen LogP contribution < -0.4 is 11.2 Å². The second-order valence-electron chi connectivity index (χ2n) is 6.32. The quantitative estimate of drug-likeness (QED) is 0.802. The van der Waals surface area contributed by atoms with Crippen LogP contribution in [-0.2, 0) is 16.1 Å². The lowest BCUT2D eigenvalue weighted by Crippen LogP contribution is -2.48. The van der Waals surface area contributed by atoms with E-state index in [1.165, 1.54) is 12.1 Å². The van der Waals surface area contributed by atoms with Gasteiger partial charge in [-0.3, -0.25) is 19.0 Å². The maximum absolute atomic E-state index is 13.2. The number of nitrogens with zero attached hydrogens (tertiary/aromatic N) is 2. The molecule has 2 heterocycles. The summed E-state index contributed by atoms with van der Waals surface area (Å²) in [4.78, 5) is 51.1. The lowest BCUT2D eigenvalue weighted by Gasteiger charge is -2.27. The third-order valence-electron chi connectivity index (χ3n) is 4.76. The van der Waals surface area contributed by atoms with Gasteiger partial charge in [-0.15, -0.1) is 0 Å². The first-order valence-electron chi connectivity index (χ1n) is 7.86. The Morgan fingerprint density at radius 2 is 1.89 bits per heavy atom. The van der Waals surface area contributed by atoms with E-state index in [-0.39, 0.29) is 10.9 Å². The number of para-hydroxylation sites is 1. The highest BCUT2D eigenvalue weighted by molar-refractivity contribution is 5.82. The predicted octanol–water partition coefficient (Wildman–Crippen LogP) is 0.555. The number of alkyl halides is 3. The summed E-state index contributed by atoms with van der Waals surface area (Å²) < 4.78 is 40.2. The number of carbonyl (C=O) groups is 2. The number of hydrogen-bond acceptors (Lipinski definition) is 4. The highest BCUT2D eigenvalue weighted by Crippen LogP contribution is 2.45. The van der Waals surface area contributed by atoms with E-state index in [4.69, 9.17) is 5.11 Å². The molecule has 1 aromatic carbocycles. The van der Waals surface area contributed by atoms with Gasteiger partial charge in [0.25, 0.3) is 5.56 Å². The van der Waals surface area contributed by atoms with E-state index in [0.29, 0.717) is 9.47 Å². The summed E-state index contributed by atoms with van der Waals surface area (Å²) >= 11 is 0. The second kappa shape index (κ2) is 6.25. The minimum absolute atomic E-state index is 0.140. The number of hydrogen-bond donors (Lipinski definition) is 2. The number of nitrogens with one attached hydrogen (secondary N) is 1. The molecule has 27 heavy (non-hydrogen) atoms. The maximum atomic E-state index is 13.2. The molecule has 0 spiro atoms. The first-order valence-corrected chi connectivity index (χ1v) is 7.86. The van der Waals surface area contributed by atoms with Crippen LogP contribution >= 0.6 is 0 Å². The molecule has 1 fully saturated rings. The monoisotopic (exact) mass is 385 g/mol. The molecule has 1 amide bonds. The molecule has 0 radical (unpaired) electrons. The molecule has 8 nitrogen and oxygen atoms in total. The Labute approximate surface area is 148 Å². The van der Waals surface area contributed by atoms with Gasteiger partial charge in [-0.2, -0.15) is 13.2 Å². The van der Waals surface area contributed by atoms with Gasteiger partial charge in [-0.1, -0.05) is 12.1 Å². The van der Waals surface area contributed by atoms with E-state index in [1.807, 2.05) is 0 Å². The molecular weight excluding hydrogens is 371 g/mol. The number of aliphatic carboxylic acids is 1. The molecule has 2 aromatic rings. The van der Waals surface area contributed by atoms with E-state index in [9.17, 15) is 32.3 Å². The summed E-state index contributed by atoms with van der Waals surface area (Å²) in [5.74, 6) is -3.00. The Morgan fingerprint density at radius 1 is 1.22 bits per heavy atom. The van der Waals surface area contributed by atoms with Crippen LogP contribution in [0.4, 0.5) is 13.2 Å². The largest absolute Gasteiger partial charge is 0.481 e. The third-order valence-corrected chi connectivity index (χ3v) is 4.76. The number of H-pyrrole nitrogens is 1. The van der Waals surface area contributed by atoms with E-state index in [0.717, 1.165) is 0 Å². The molecule has 144 valence electrons. The van der Waals surface area contributed by atoms with Crippen molar-refractivity contribution < 1.29 is 27.9 Å². The average Bonchev–Trinajstić information content (AvgIpc) is 3.05. The number of carboxylic acids is 1. The van der Waals surface area contributed by atoms with Crippen molar-refractivity contribution in [3.8, 4) is 0 Å². The van der Waals surface area contributed by atoms with Gasteiger partial charge in [0.05, 0.1) is 10.9 Å². The normalized spacial score (nSPS) is 20.2. The Kier molecular flexibility index (Phi) is 4.32. The minimum Gasteiger partial charge on any atom is -0.481 e. The highest BCUT2D eigenvalue weighted by Gasteiger charge is 2.64. The zero-order chi connectivity index (χ0) is 20.0. The maximum Gasteiger partial charge on any atom is 0.406 e. The number of likely N-dealkylation sites (tertiary alicyclic amines) is 1. The number of carboxylic acid groups (broad SMARTS) is 1. The van der Waals surface area contributed by atoms with Gasteiger partial charge >= 0.3 is 17.8 Å². The van der Waals surface area contributed by atoms with E-state index in [1.54, 1.807) is 12.1 Å². The van der Waals surface area contributed by atoms with E-state index in [2.05, 4.69) is 4.98 Å². The van der Waals surface area contributed by atoms with Crippen molar-refractivity contribution >= 4 is 22.8 Å². The predicted molar refractivity (Wildman–Crippen MR) is 86.1 cm³/mol. The molecule has 1 atom stereocenters. The number of halogens is 3. The molecule has 1 unspecified atom stereocenters. The number of fused-ring (bicyclic) bond motifs is 1. The van der Waals surface area contributed by atoms with Gasteiger partial charge in [0, 0.05) is 13.1 Å². The van der Waals surface area contributed by atoms with Crippen molar-refractivity contribution in [3.05, 3.63) is 45.1 Å².